The number of aryl methyl sites for hydroxylation is 1. The predicted octanol–water partition coefficient (Wildman–Crippen LogP) is 2.96. The Labute approximate surface area is 157 Å². The molecule has 0 bridgehead atoms. The monoisotopic (exact) mass is 362 g/mol. The van der Waals surface area contributed by atoms with E-state index in [0.717, 1.165) is 42.6 Å². The summed E-state index contributed by atoms with van der Waals surface area (Å²) in [5.41, 5.74) is 3.14. The molecule has 4 rings (SSSR count). The minimum atomic E-state index is -0.0915. The minimum absolute atomic E-state index is 0.0915. The fraction of sp³-hybridized carbons (Fsp3) is 0.350. The highest BCUT2D eigenvalue weighted by molar-refractivity contribution is 5.92. The van der Waals surface area contributed by atoms with Gasteiger partial charge in [-0.15, -0.1) is 0 Å². The molecule has 3 heterocycles. The summed E-state index contributed by atoms with van der Waals surface area (Å²) in [5, 5.41) is 7.63. The summed E-state index contributed by atoms with van der Waals surface area (Å²) in [6, 6.07) is 6.04. The van der Waals surface area contributed by atoms with E-state index < -0.39 is 0 Å². The standard InChI is InChI=1S/C20H22N6O/c1-14-3-2-4-18(24-14)20(27)25-16-5-7-17(8-6-16)26-13-15(11-23-26)19-12-21-9-10-22-19/h2-4,9-13,16-17H,5-8H2,1H3,(H,25,27). The molecule has 1 aliphatic rings. The number of aromatic nitrogens is 5. The van der Waals surface area contributed by atoms with Gasteiger partial charge in [-0.1, -0.05) is 6.07 Å². The van der Waals surface area contributed by atoms with Gasteiger partial charge in [0.15, 0.2) is 0 Å². The molecule has 0 unspecified atom stereocenters. The van der Waals surface area contributed by atoms with Crippen LogP contribution in [0.5, 0.6) is 0 Å². The number of nitrogens with zero attached hydrogens (tertiary/aromatic N) is 5. The topological polar surface area (TPSA) is 85.6 Å². The first-order chi connectivity index (χ1) is 13.2. The van der Waals surface area contributed by atoms with E-state index in [1.807, 2.05) is 36.1 Å². The van der Waals surface area contributed by atoms with Crippen molar-refractivity contribution in [2.24, 2.45) is 0 Å². The van der Waals surface area contributed by atoms with E-state index in [1.165, 1.54) is 0 Å². The molecule has 0 radical (unpaired) electrons. The van der Waals surface area contributed by atoms with Gasteiger partial charge in [-0.2, -0.15) is 5.10 Å². The largest absolute Gasteiger partial charge is 0.348 e. The van der Waals surface area contributed by atoms with Gasteiger partial charge in [-0.05, 0) is 44.7 Å². The normalized spacial score (nSPS) is 19.6. The van der Waals surface area contributed by atoms with E-state index in [2.05, 4.69) is 25.4 Å². The van der Waals surface area contributed by atoms with E-state index in [9.17, 15) is 4.79 Å². The van der Waals surface area contributed by atoms with Crippen LogP contribution >= 0.6 is 0 Å². The van der Waals surface area contributed by atoms with Crippen LogP contribution in [-0.2, 0) is 0 Å². The maximum atomic E-state index is 12.4. The second kappa shape index (κ2) is 7.65. The lowest BCUT2D eigenvalue weighted by atomic mass is 9.91. The number of carbonyl (C=O) groups is 1. The Morgan fingerprint density at radius 3 is 2.74 bits per heavy atom. The second-order valence-corrected chi connectivity index (χ2v) is 6.94. The molecule has 1 amide bonds. The molecular weight excluding hydrogens is 340 g/mol. The molecule has 0 spiro atoms. The maximum Gasteiger partial charge on any atom is 0.270 e. The van der Waals surface area contributed by atoms with E-state index in [4.69, 9.17) is 0 Å². The SMILES string of the molecule is Cc1cccc(C(=O)NC2CCC(n3cc(-c4cnccn4)cn3)CC2)n1. The van der Waals surface area contributed by atoms with Crippen molar-refractivity contribution in [2.45, 2.75) is 44.7 Å². The molecule has 0 atom stereocenters. The average Bonchev–Trinajstić information content (AvgIpc) is 3.19. The summed E-state index contributed by atoms with van der Waals surface area (Å²) in [6.07, 6.45) is 12.8. The molecule has 0 saturated heterocycles. The number of pyridine rings is 1. The molecule has 0 aromatic carbocycles. The van der Waals surface area contributed by atoms with Crippen LogP contribution in [0.25, 0.3) is 11.3 Å². The summed E-state index contributed by atoms with van der Waals surface area (Å²) in [7, 11) is 0. The number of hydrogen-bond donors (Lipinski definition) is 1. The number of nitrogens with one attached hydrogen (secondary N) is 1. The number of hydrogen-bond acceptors (Lipinski definition) is 5. The molecule has 138 valence electrons. The first-order valence-electron chi connectivity index (χ1n) is 9.24. The summed E-state index contributed by atoms with van der Waals surface area (Å²) in [5.74, 6) is -0.0915. The van der Waals surface area contributed by atoms with Crippen molar-refractivity contribution in [3.63, 3.8) is 0 Å². The molecule has 7 nitrogen and oxygen atoms in total. The highest BCUT2D eigenvalue weighted by Gasteiger charge is 2.24. The first kappa shape index (κ1) is 17.3. The van der Waals surface area contributed by atoms with Gasteiger partial charge in [-0.3, -0.25) is 19.4 Å². The fourth-order valence-corrected chi connectivity index (χ4v) is 3.53. The summed E-state index contributed by atoms with van der Waals surface area (Å²) >= 11 is 0. The third kappa shape index (κ3) is 4.02. The van der Waals surface area contributed by atoms with Gasteiger partial charge in [0.05, 0.1) is 24.1 Å². The number of carbonyl (C=O) groups excluding carboxylic acids is 1. The predicted molar refractivity (Wildman–Crippen MR) is 101 cm³/mol. The smallest absolute Gasteiger partial charge is 0.270 e. The van der Waals surface area contributed by atoms with Crippen molar-refractivity contribution in [3.05, 3.63) is 60.6 Å². The summed E-state index contributed by atoms with van der Waals surface area (Å²) in [6.45, 7) is 1.89. The van der Waals surface area contributed by atoms with Crippen LogP contribution in [0.4, 0.5) is 0 Å². The van der Waals surface area contributed by atoms with Crippen LogP contribution in [0.1, 0.15) is 47.9 Å². The zero-order valence-electron chi connectivity index (χ0n) is 15.2. The molecule has 0 aliphatic heterocycles. The van der Waals surface area contributed by atoms with Crippen LogP contribution in [0, 0.1) is 6.92 Å². The zero-order valence-corrected chi connectivity index (χ0v) is 15.2. The van der Waals surface area contributed by atoms with Gasteiger partial charge in [-0.25, -0.2) is 4.98 Å². The van der Waals surface area contributed by atoms with Crippen molar-refractivity contribution in [1.29, 1.82) is 0 Å². The van der Waals surface area contributed by atoms with E-state index in [-0.39, 0.29) is 11.9 Å². The van der Waals surface area contributed by atoms with Crippen molar-refractivity contribution < 1.29 is 4.79 Å². The molecular formula is C20H22N6O. The molecule has 1 aliphatic carbocycles. The van der Waals surface area contributed by atoms with Crippen molar-refractivity contribution in [1.82, 2.24) is 30.0 Å². The quantitative estimate of drug-likeness (QED) is 0.771. The Balaban J connectivity index is 1.34. The molecule has 1 fully saturated rings. The Bertz CT molecular complexity index is 915. The molecule has 3 aromatic heterocycles. The Morgan fingerprint density at radius 1 is 1.15 bits per heavy atom. The van der Waals surface area contributed by atoms with Crippen LogP contribution in [0.2, 0.25) is 0 Å². The average molecular weight is 362 g/mol. The van der Waals surface area contributed by atoms with Crippen LogP contribution in [0.15, 0.2) is 49.2 Å². The summed E-state index contributed by atoms with van der Waals surface area (Å²) < 4.78 is 2.02. The third-order valence-electron chi connectivity index (χ3n) is 4.99. The third-order valence-corrected chi connectivity index (χ3v) is 4.99. The Hall–Kier alpha value is -3.09. The van der Waals surface area contributed by atoms with Crippen LogP contribution < -0.4 is 5.32 Å². The molecule has 7 heteroatoms. The molecule has 1 saturated carbocycles. The highest BCUT2D eigenvalue weighted by Crippen LogP contribution is 2.29. The molecule has 1 N–H and O–H groups in total. The number of rotatable bonds is 4. The lowest BCUT2D eigenvalue weighted by Gasteiger charge is -2.29. The Kier molecular flexibility index (Phi) is 4.91. The van der Waals surface area contributed by atoms with Crippen molar-refractivity contribution in [2.75, 3.05) is 0 Å². The lowest BCUT2D eigenvalue weighted by Crippen LogP contribution is -2.38. The van der Waals surface area contributed by atoms with Gasteiger partial charge in [0.25, 0.3) is 5.91 Å². The van der Waals surface area contributed by atoms with E-state index >= 15 is 0 Å². The second-order valence-electron chi connectivity index (χ2n) is 6.94. The fourth-order valence-electron chi connectivity index (χ4n) is 3.53. The van der Waals surface area contributed by atoms with Gasteiger partial charge in [0, 0.05) is 35.9 Å². The molecule has 27 heavy (non-hydrogen) atoms. The minimum Gasteiger partial charge on any atom is -0.348 e. The first-order valence-corrected chi connectivity index (χ1v) is 9.24. The van der Waals surface area contributed by atoms with Gasteiger partial charge < -0.3 is 5.32 Å². The zero-order chi connectivity index (χ0) is 18.6. The van der Waals surface area contributed by atoms with E-state index in [0.29, 0.717) is 11.7 Å². The maximum absolute atomic E-state index is 12.4. The van der Waals surface area contributed by atoms with Gasteiger partial charge in [0.2, 0.25) is 0 Å². The summed E-state index contributed by atoms with van der Waals surface area (Å²) in [4.78, 5) is 25.1. The molecule has 3 aromatic rings. The van der Waals surface area contributed by atoms with E-state index in [1.54, 1.807) is 24.7 Å². The van der Waals surface area contributed by atoms with Crippen LogP contribution in [-0.4, -0.2) is 36.7 Å². The highest BCUT2D eigenvalue weighted by atomic mass is 16.1. The van der Waals surface area contributed by atoms with Gasteiger partial charge in [0.1, 0.15) is 5.69 Å². The van der Waals surface area contributed by atoms with Gasteiger partial charge >= 0.3 is 0 Å². The lowest BCUT2D eigenvalue weighted by molar-refractivity contribution is 0.0916. The Morgan fingerprint density at radius 2 is 2.00 bits per heavy atom. The van der Waals surface area contributed by atoms with Crippen LogP contribution in [0.3, 0.4) is 0 Å². The van der Waals surface area contributed by atoms with Crippen molar-refractivity contribution >= 4 is 5.91 Å². The van der Waals surface area contributed by atoms with Crippen molar-refractivity contribution in [3.8, 4) is 11.3 Å². The number of amides is 1.